The molecule has 21 heavy (non-hydrogen) atoms. The number of nitrogens with one attached hydrogen (secondary N) is 3. The maximum Gasteiger partial charge on any atom is 0.226 e. The second kappa shape index (κ2) is 6.38. The zero-order valence-corrected chi connectivity index (χ0v) is 12.9. The quantitative estimate of drug-likeness (QED) is 0.774. The number of hydrogen-bond donors (Lipinski definition) is 3. The second-order valence-corrected chi connectivity index (χ2v) is 6.92. The van der Waals surface area contributed by atoms with Gasteiger partial charge in [-0.15, -0.1) is 0 Å². The Hall–Kier alpha value is -1.70. The van der Waals surface area contributed by atoms with Gasteiger partial charge in [0.25, 0.3) is 0 Å². The Kier molecular flexibility index (Phi) is 4.33. The van der Waals surface area contributed by atoms with Crippen molar-refractivity contribution in [2.45, 2.75) is 32.2 Å². The molecule has 3 heterocycles. The van der Waals surface area contributed by atoms with Crippen LogP contribution in [0.3, 0.4) is 0 Å². The van der Waals surface area contributed by atoms with E-state index in [0.717, 1.165) is 54.2 Å². The molecule has 0 aliphatic carbocycles. The zero-order valence-electron chi connectivity index (χ0n) is 12.1. The number of anilines is 2. The van der Waals surface area contributed by atoms with Gasteiger partial charge in [-0.2, -0.15) is 15.1 Å². The molecule has 1 aliphatic heterocycles. The first-order valence-corrected chi connectivity index (χ1v) is 8.81. The Bertz CT molecular complexity index is 633. The smallest absolute Gasteiger partial charge is 0.226 e. The maximum absolute atomic E-state index is 11.4. The van der Waals surface area contributed by atoms with Crippen LogP contribution in [0.1, 0.15) is 26.2 Å². The topological polar surface area (TPSA) is 95.6 Å². The number of hydrogen-bond acceptors (Lipinski definition) is 6. The van der Waals surface area contributed by atoms with Gasteiger partial charge in [-0.1, -0.05) is 6.92 Å². The summed E-state index contributed by atoms with van der Waals surface area (Å²) in [6.45, 7) is 2.94. The van der Waals surface area contributed by atoms with Gasteiger partial charge in [0.1, 0.15) is 5.82 Å². The second-order valence-electron chi connectivity index (χ2n) is 5.22. The van der Waals surface area contributed by atoms with E-state index >= 15 is 0 Å². The average Bonchev–Trinajstić information content (AvgIpc) is 2.96. The lowest BCUT2D eigenvalue weighted by Crippen LogP contribution is -2.29. The Labute approximate surface area is 125 Å². The van der Waals surface area contributed by atoms with Gasteiger partial charge < -0.3 is 10.6 Å². The van der Waals surface area contributed by atoms with Crippen LogP contribution in [0.4, 0.5) is 11.8 Å². The molecule has 0 bridgehead atoms. The Morgan fingerprint density at radius 1 is 1.38 bits per heavy atom. The molecule has 7 nitrogen and oxygen atoms in total. The lowest BCUT2D eigenvalue weighted by molar-refractivity contribution is 0.623. The lowest BCUT2D eigenvalue weighted by Gasteiger charge is -2.23. The first-order valence-electron chi connectivity index (χ1n) is 7.32. The third-order valence-electron chi connectivity index (χ3n) is 3.57. The van der Waals surface area contributed by atoms with Gasteiger partial charge in [0.15, 0.2) is 5.65 Å². The van der Waals surface area contributed by atoms with Crippen LogP contribution in [0.15, 0.2) is 6.20 Å². The van der Waals surface area contributed by atoms with Gasteiger partial charge in [0, 0.05) is 34.9 Å². The maximum atomic E-state index is 11.4. The summed E-state index contributed by atoms with van der Waals surface area (Å²) < 4.78 is 11.4. The summed E-state index contributed by atoms with van der Waals surface area (Å²) in [4.78, 5) is 8.96. The first-order chi connectivity index (χ1) is 10.3. The number of aromatic nitrogens is 4. The molecular formula is C13H20N6OS. The number of aromatic amines is 1. The summed E-state index contributed by atoms with van der Waals surface area (Å²) >= 11 is 0. The minimum Gasteiger partial charge on any atom is -0.366 e. The number of H-pyrrole nitrogens is 1. The molecule has 1 saturated heterocycles. The zero-order chi connectivity index (χ0) is 14.7. The highest BCUT2D eigenvalue weighted by atomic mass is 32.2. The fourth-order valence-corrected chi connectivity index (χ4v) is 3.69. The van der Waals surface area contributed by atoms with Gasteiger partial charge in [-0.25, -0.2) is 0 Å². The standard InChI is InChI=1S/C13H20N6OS/c1-2-5-14-13-17-11(10-8-15-19-12(10)18-13)16-9-3-6-21(20)7-4-9/h8-9H,2-7H2,1H3,(H3,14,15,16,17,18,19). The summed E-state index contributed by atoms with van der Waals surface area (Å²) in [5.41, 5.74) is 0.727. The van der Waals surface area contributed by atoms with Crippen LogP contribution in [0.25, 0.3) is 11.0 Å². The van der Waals surface area contributed by atoms with Crippen LogP contribution in [0.2, 0.25) is 0 Å². The third-order valence-corrected chi connectivity index (χ3v) is 4.95. The predicted octanol–water partition coefficient (Wildman–Crippen LogP) is 1.50. The molecule has 0 saturated carbocycles. The van der Waals surface area contributed by atoms with Crippen LogP contribution >= 0.6 is 0 Å². The van der Waals surface area contributed by atoms with Crippen LogP contribution in [-0.2, 0) is 10.8 Å². The van der Waals surface area contributed by atoms with Gasteiger partial charge in [-0.3, -0.25) is 9.31 Å². The summed E-state index contributed by atoms with van der Waals surface area (Å²) in [7, 11) is -0.651. The molecule has 3 N–H and O–H groups in total. The van der Waals surface area contributed by atoms with E-state index in [-0.39, 0.29) is 0 Å². The lowest BCUT2D eigenvalue weighted by atomic mass is 10.1. The molecular weight excluding hydrogens is 288 g/mol. The summed E-state index contributed by atoms with van der Waals surface area (Å²) in [6.07, 6.45) is 4.57. The van der Waals surface area contributed by atoms with Crippen molar-refractivity contribution in [3.8, 4) is 0 Å². The highest BCUT2D eigenvalue weighted by molar-refractivity contribution is 7.85. The van der Waals surface area contributed by atoms with Gasteiger partial charge in [0.2, 0.25) is 5.95 Å². The molecule has 0 amide bonds. The number of rotatable bonds is 5. The van der Waals surface area contributed by atoms with Crippen LogP contribution in [0, 0.1) is 0 Å². The van der Waals surface area contributed by atoms with Gasteiger partial charge in [0.05, 0.1) is 11.6 Å². The SMILES string of the molecule is CCCNc1nc(NC2CCS(=O)CC2)c2cn[nH]c2n1. The summed E-state index contributed by atoms with van der Waals surface area (Å²) in [5, 5.41) is 14.5. The van der Waals surface area contributed by atoms with Gasteiger partial charge in [-0.05, 0) is 19.3 Å². The molecule has 0 atom stereocenters. The number of fused-ring (bicyclic) bond motifs is 1. The van der Waals surface area contributed by atoms with Crippen molar-refractivity contribution in [3.63, 3.8) is 0 Å². The largest absolute Gasteiger partial charge is 0.366 e. The monoisotopic (exact) mass is 308 g/mol. The van der Waals surface area contributed by atoms with Crippen molar-refractivity contribution in [3.05, 3.63) is 6.20 Å². The Morgan fingerprint density at radius 2 is 2.19 bits per heavy atom. The van der Waals surface area contributed by atoms with E-state index < -0.39 is 10.8 Å². The molecule has 0 aromatic carbocycles. The first kappa shape index (κ1) is 14.2. The third kappa shape index (κ3) is 3.31. The molecule has 2 aromatic heterocycles. The number of nitrogens with zero attached hydrogens (tertiary/aromatic N) is 3. The molecule has 2 aromatic rings. The highest BCUT2D eigenvalue weighted by Gasteiger charge is 2.19. The molecule has 8 heteroatoms. The fourth-order valence-electron chi connectivity index (χ4n) is 2.39. The van der Waals surface area contributed by atoms with Crippen molar-refractivity contribution in [2.24, 2.45) is 0 Å². The van der Waals surface area contributed by atoms with Crippen molar-refractivity contribution in [1.29, 1.82) is 0 Å². The molecule has 0 unspecified atom stereocenters. The van der Waals surface area contributed by atoms with Crippen LogP contribution in [0.5, 0.6) is 0 Å². The van der Waals surface area contributed by atoms with Crippen molar-refractivity contribution in [2.75, 3.05) is 28.7 Å². The van der Waals surface area contributed by atoms with Crippen LogP contribution in [-0.4, -0.2) is 48.5 Å². The average molecular weight is 308 g/mol. The highest BCUT2D eigenvalue weighted by Crippen LogP contribution is 2.23. The Morgan fingerprint density at radius 3 is 2.95 bits per heavy atom. The van der Waals surface area contributed by atoms with Crippen molar-refractivity contribution >= 4 is 33.6 Å². The van der Waals surface area contributed by atoms with E-state index in [0.29, 0.717) is 12.0 Å². The molecule has 114 valence electrons. The van der Waals surface area contributed by atoms with E-state index in [9.17, 15) is 4.21 Å². The molecule has 0 radical (unpaired) electrons. The van der Waals surface area contributed by atoms with Crippen molar-refractivity contribution < 1.29 is 4.21 Å². The van der Waals surface area contributed by atoms with E-state index in [2.05, 4.69) is 37.7 Å². The fraction of sp³-hybridized carbons (Fsp3) is 0.615. The molecule has 1 fully saturated rings. The Balaban J connectivity index is 1.82. The van der Waals surface area contributed by atoms with E-state index in [4.69, 9.17) is 0 Å². The summed E-state index contributed by atoms with van der Waals surface area (Å²) in [6, 6.07) is 0.315. The predicted molar refractivity (Wildman–Crippen MR) is 85.0 cm³/mol. The molecule has 0 spiro atoms. The van der Waals surface area contributed by atoms with Crippen LogP contribution < -0.4 is 10.6 Å². The minimum absolute atomic E-state index is 0.315. The minimum atomic E-state index is -0.651. The van der Waals surface area contributed by atoms with E-state index in [1.165, 1.54) is 0 Å². The summed E-state index contributed by atoms with van der Waals surface area (Å²) in [5.74, 6) is 2.93. The van der Waals surface area contributed by atoms with Crippen molar-refractivity contribution in [1.82, 2.24) is 20.2 Å². The molecule has 1 aliphatic rings. The normalized spacial score (nSPS) is 22.3. The van der Waals surface area contributed by atoms with Gasteiger partial charge >= 0.3 is 0 Å². The van der Waals surface area contributed by atoms with E-state index in [1.54, 1.807) is 6.20 Å². The molecule has 3 rings (SSSR count). The van der Waals surface area contributed by atoms with E-state index in [1.807, 2.05) is 0 Å².